The first kappa shape index (κ1) is 16.5. The molecule has 2 aromatic carbocycles. The molecule has 0 bridgehead atoms. The minimum atomic E-state index is -0.637. The predicted molar refractivity (Wildman–Crippen MR) is 92.9 cm³/mol. The lowest BCUT2D eigenvalue weighted by Crippen LogP contribution is -2.28. The SMILES string of the molecule is C[C@H](NC(=O)OCc1ccccc1)c1nc2cc(N)ccc2c(=O)o1. The Bertz CT molecular complexity index is 953. The van der Waals surface area contributed by atoms with Crippen LogP contribution in [0.5, 0.6) is 0 Å². The first-order valence-electron chi connectivity index (χ1n) is 7.70. The van der Waals surface area contributed by atoms with Crippen molar-refractivity contribution in [3.05, 3.63) is 70.4 Å². The number of carbonyl (C=O) groups excluding carboxylic acids is 1. The maximum Gasteiger partial charge on any atom is 0.408 e. The van der Waals surface area contributed by atoms with Crippen LogP contribution < -0.4 is 16.7 Å². The van der Waals surface area contributed by atoms with Crippen LogP contribution in [0.3, 0.4) is 0 Å². The molecule has 0 spiro atoms. The summed E-state index contributed by atoms with van der Waals surface area (Å²) in [4.78, 5) is 28.2. The monoisotopic (exact) mass is 339 g/mol. The maximum atomic E-state index is 12.0. The van der Waals surface area contributed by atoms with Crippen LogP contribution in [-0.4, -0.2) is 11.1 Å². The van der Waals surface area contributed by atoms with Crippen LogP contribution >= 0.6 is 0 Å². The zero-order chi connectivity index (χ0) is 17.8. The number of rotatable bonds is 4. The molecule has 3 aromatic rings. The summed E-state index contributed by atoms with van der Waals surface area (Å²) in [6.45, 7) is 1.79. The standard InChI is InChI=1S/C18H17N3O4/c1-11(20-18(23)24-10-12-5-3-2-4-6-12)16-21-15-9-13(19)7-8-14(15)17(22)25-16/h2-9,11H,10,19H2,1H3,(H,20,23)/t11-/m0/s1. The number of aromatic nitrogens is 1. The number of nitrogens with two attached hydrogens (primary N) is 1. The van der Waals surface area contributed by atoms with Crippen LogP contribution in [0, 0.1) is 0 Å². The van der Waals surface area contributed by atoms with Crippen molar-refractivity contribution >= 4 is 22.7 Å². The van der Waals surface area contributed by atoms with E-state index in [9.17, 15) is 9.59 Å². The van der Waals surface area contributed by atoms with Gasteiger partial charge in [0.05, 0.1) is 10.9 Å². The number of amides is 1. The van der Waals surface area contributed by atoms with Crippen molar-refractivity contribution in [1.29, 1.82) is 0 Å². The van der Waals surface area contributed by atoms with Gasteiger partial charge in [-0.05, 0) is 30.7 Å². The van der Waals surface area contributed by atoms with Crippen molar-refractivity contribution in [2.75, 3.05) is 5.73 Å². The van der Waals surface area contributed by atoms with Gasteiger partial charge in [0.15, 0.2) is 0 Å². The molecule has 1 aromatic heterocycles. The molecule has 1 amide bonds. The quantitative estimate of drug-likeness (QED) is 0.708. The van der Waals surface area contributed by atoms with Crippen LogP contribution in [0.2, 0.25) is 0 Å². The Hall–Kier alpha value is -3.35. The van der Waals surface area contributed by atoms with Crippen molar-refractivity contribution < 1.29 is 13.9 Å². The molecule has 0 unspecified atom stereocenters. The number of ether oxygens (including phenoxy) is 1. The summed E-state index contributed by atoms with van der Waals surface area (Å²) in [6, 6.07) is 13.4. The number of nitrogens with one attached hydrogen (secondary N) is 1. The van der Waals surface area contributed by atoms with Crippen LogP contribution in [-0.2, 0) is 11.3 Å². The van der Waals surface area contributed by atoms with Gasteiger partial charge in [-0.15, -0.1) is 0 Å². The van der Waals surface area contributed by atoms with E-state index < -0.39 is 17.8 Å². The summed E-state index contributed by atoms with van der Waals surface area (Å²) in [6.07, 6.45) is -0.631. The average molecular weight is 339 g/mol. The molecule has 0 aliphatic rings. The van der Waals surface area contributed by atoms with E-state index in [2.05, 4.69) is 10.3 Å². The number of benzene rings is 2. The lowest BCUT2D eigenvalue weighted by molar-refractivity contribution is 0.134. The normalized spacial score (nSPS) is 11.9. The fraction of sp³-hybridized carbons (Fsp3) is 0.167. The molecule has 7 heteroatoms. The molecule has 3 rings (SSSR count). The van der Waals surface area contributed by atoms with Gasteiger partial charge in [-0.1, -0.05) is 30.3 Å². The Morgan fingerprint density at radius 3 is 2.80 bits per heavy atom. The second-order valence-electron chi connectivity index (χ2n) is 5.54. The summed E-state index contributed by atoms with van der Waals surface area (Å²) in [7, 11) is 0. The third kappa shape index (κ3) is 3.95. The molecular formula is C18H17N3O4. The van der Waals surface area contributed by atoms with Gasteiger partial charge >= 0.3 is 11.7 Å². The highest BCUT2D eigenvalue weighted by molar-refractivity contribution is 5.80. The van der Waals surface area contributed by atoms with E-state index in [1.165, 1.54) is 0 Å². The number of anilines is 1. The number of hydrogen-bond donors (Lipinski definition) is 2. The van der Waals surface area contributed by atoms with Gasteiger partial charge in [-0.3, -0.25) is 0 Å². The highest BCUT2D eigenvalue weighted by Gasteiger charge is 2.16. The fourth-order valence-corrected chi connectivity index (χ4v) is 2.29. The van der Waals surface area contributed by atoms with E-state index >= 15 is 0 Å². The summed E-state index contributed by atoms with van der Waals surface area (Å²) in [5.41, 5.74) is 6.95. The van der Waals surface area contributed by atoms with Gasteiger partial charge in [-0.25, -0.2) is 14.6 Å². The third-order valence-electron chi connectivity index (χ3n) is 3.59. The van der Waals surface area contributed by atoms with Crippen molar-refractivity contribution in [3.8, 4) is 0 Å². The number of carbonyl (C=O) groups is 1. The molecule has 7 nitrogen and oxygen atoms in total. The minimum absolute atomic E-state index is 0.0831. The molecule has 128 valence electrons. The molecule has 0 saturated heterocycles. The molecule has 0 radical (unpaired) electrons. The number of hydrogen-bond acceptors (Lipinski definition) is 6. The summed E-state index contributed by atoms with van der Waals surface area (Å²) in [5, 5.41) is 2.92. The average Bonchev–Trinajstić information content (AvgIpc) is 2.60. The second kappa shape index (κ2) is 7.04. The summed E-state index contributed by atoms with van der Waals surface area (Å²) in [5.74, 6) is 0.0831. The van der Waals surface area contributed by atoms with Crippen LogP contribution in [0.15, 0.2) is 57.7 Å². The van der Waals surface area contributed by atoms with E-state index in [1.807, 2.05) is 30.3 Å². The van der Waals surface area contributed by atoms with Gasteiger partial charge < -0.3 is 20.2 Å². The molecule has 25 heavy (non-hydrogen) atoms. The summed E-state index contributed by atoms with van der Waals surface area (Å²) < 4.78 is 10.3. The van der Waals surface area contributed by atoms with Gasteiger partial charge in [0.1, 0.15) is 12.6 Å². The van der Waals surface area contributed by atoms with Gasteiger partial charge in [0.2, 0.25) is 5.89 Å². The Morgan fingerprint density at radius 2 is 2.04 bits per heavy atom. The van der Waals surface area contributed by atoms with Crippen LogP contribution in [0.1, 0.15) is 24.4 Å². The Morgan fingerprint density at radius 1 is 1.28 bits per heavy atom. The van der Waals surface area contributed by atoms with Crippen molar-refractivity contribution in [2.45, 2.75) is 19.6 Å². The zero-order valence-corrected chi connectivity index (χ0v) is 13.6. The van der Waals surface area contributed by atoms with E-state index in [0.29, 0.717) is 16.6 Å². The molecule has 0 aliphatic carbocycles. The zero-order valence-electron chi connectivity index (χ0n) is 13.6. The molecule has 0 aliphatic heterocycles. The lowest BCUT2D eigenvalue weighted by atomic mass is 10.2. The van der Waals surface area contributed by atoms with Crippen molar-refractivity contribution in [3.63, 3.8) is 0 Å². The number of alkyl carbamates (subject to hydrolysis) is 1. The van der Waals surface area contributed by atoms with Crippen LogP contribution in [0.4, 0.5) is 10.5 Å². The van der Waals surface area contributed by atoms with Gasteiger partial charge in [0.25, 0.3) is 0 Å². The summed E-state index contributed by atoms with van der Waals surface area (Å²) >= 11 is 0. The molecule has 0 saturated carbocycles. The topological polar surface area (TPSA) is 107 Å². The fourth-order valence-electron chi connectivity index (χ4n) is 2.29. The maximum absolute atomic E-state index is 12.0. The largest absolute Gasteiger partial charge is 0.445 e. The van der Waals surface area contributed by atoms with E-state index in [4.69, 9.17) is 14.9 Å². The highest BCUT2D eigenvalue weighted by Crippen LogP contribution is 2.16. The first-order valence-corrected chi connectivity index (χ1v) is 7.70. The Balaban J connectivity index is 1.70. The predicted octanol–water partition coefficient (Wildman–Crippen LogP) is 2.76. The van der Waals surface area contributed by atoms with Gasteiger partial charge in [-0.2, -0.15) is 0 Å². The van der Waals surface area contributed by atoms with E-state index in [-0.39, 0.29) is 12.5 Å². The third-order valence-corrected chi connectivity index (χ3v) is 3.59. The van der Waals surface area contributed by atoms with Crippen LogP contribution in [0.25, 0.3) is 10.9 Å². The first-order chi connectivity index (χ1) is 12.0. The molecule has 1 heterocycles. The van der Waals surface area contributed by atoms with Crippen molar-refractivity contribution in [2.24, 2.45) is 0 Å². The number of nitrogen functional groups attached to an aromatic ring is 1. The van der Waals surface area contributed by atoms with Gasteiger partial charge in [0, 0.05) is 5.69 Å². The lowest BCUT2D eigenvalue weighted by Gasteiger charge is -2.12. The second-order valence-corrected chi connectivity index (χ2v) is 5.54. The minimum Gasteiger partial charge on any atom is -0.445 e. The Kier molecular flexibility index (Phi) is 4.65. The van der Waals surface area contributed by atoms with Crippen molar-refractivity contribution in [1.82, 2.24) is 10.3 Å². The molecular weight excluding hydrogens is 322 g/mol. The molecule has 1 atom stereocenters. The smallest absolute Gasteiger partial charge is 0.408 e. The highest BCUT2D eigenvalue weighted by atomic mass is 16.5. The van der Waals surface area contributed by atoms with E-state index in [0.717, 1.165) is 5.56 Å². The Labute approximate surface area is 143 Å². The molecule has 3 N–H and O–H groups in total. The van der Waals surface area contributed by atoms with E-state index in [1.54, 1.807) is 25.1 Å². The number of nitrogens with zero attached hydrogens (tertiary/aromatic N) is 1. The number of fused-ring (bicyclic) bond motifs is 1. The molecule has 0 fully saturated rings.